The van der Waals surface area contributed by atoms with E-state index in [0.29, 0.717) is 0 Å². The molecule has 5 atom stereocenters. The van der Waals surface area contributed by atoms with E-state index >= 15 is 0 Å². The molecule has 1 N–H and O–H groups in total. The molecule has 1 aromatic rings. The summed E-state index contributed by atoms with van der Waals surface area (Å²) in [6.07, 6.45) is 8.68. The smallest absolute Gasteiger partial charge is 0.00683 e. The van der Waals surface area contributed by atoms with Gasteiger partial charge in [-0.1, -0.05) is 43.7 Å². The van der Waals surface area contributed by atoms with Gasteiger partial charge in [-0.3, -0.25) is 0 Å². The summed E-state index contributed by atoms with van der Waals surface area (Å²) in [5, 5.41) is 3.81. The van der Waals surface area contributed by atoms with Crippen molar-refractivity contribution in [3.05, 3.63) is 35.9 Å². The van der Waals surface area contributed by atoms with Crippen molar-refractivity contribution in [1.29, 1.82) is 0 Å². The van der Waals surface area contributed by atoms with E-state index in [0.717, 1.165) is 35.6 Å². The molecule has 4 rings (SSSR count). The molecular formula is C20H29N. The Labute approximate surface area is 129 Å². The van der Waals surface area contributed by atoms with Gasteiger partial charge in [0.25, 0.3) is 0 Å². The largest absolute Gasteiger partial charge is 0.314 e. The topological polar surface area (TPSA) is 12.0 Å². The van der Waals surface area contributed by atoms with Crippen LogP contribution >= 0.6 is 0 Å². The van der Waals surface area contributed by atoms with Crippen LogP contribution in [0.5, 0.6) is 0 Å². The number of rotatable bonds is 5. The van der Waals surface area contributed by atoms with Crippen LogP contribution < -0.4 is 5.32 Å². The van der Waals surface area contributed by atoms with Crippen molar-refractivity contribution >= 4 is 0 Å². The molecule has 0 heterocycles. The van der Waals surface area contributed by atoms with Crippen LogP contribution in [0.1, 0.15) is 56.9 Å². The minimum absolute atomic E-state index is 0.866. The van der Waals surface area contributed by atoms with Crippen LogP contribution in [0.15, 0.2) is 30.3 Å². The second-order valence-electron chi connectivity index (χ2n) is 7.94. The van der Waals surface area contributed by atoms with Gasteiger partial charge in [-0.15, -0.1) is 0 Å². The Bertz CT molecular complexity index is 464. The Morgan fingerprint density at radius 2 is 1.76 bits per heavy atom. The van der Waals surface area contributed by atoms with Crippen molar-refractivity contribution in [2.45, 2.75) is 57.4 Å². The van der Waals surface area contributed by atoms with Crippen LogP contribution in [0.4, 0.5) is 0 Å². The van der Waals surface area contributed by atoms with E-state index in [1.165, 1.54) is 45.1 Å². The Kier molecular flexibility index (Phi) is 3.79. The van der Waals surface area contributed by atoms with E-state index in [1.54, 1.807) is 5.56 Å². The molecule has 1 aromatic carbocycles. The van der Waals surface area contributed by atoms with Crippen LogP contribution in [-0.4, -0.2) is 12.6 Å². The van der Waals surface area contributed by atoms with E-state index in [4.69, 9.17) is 0 Å². The molecular weight excluding hydrogens is 254 g/mol. The van der Waals surface area contributed by atoms with Crippen molar-refractivity contribution < 1.29 is 0 Å². The van der Waals surface area contributed by atoms with Gasteiger partial charge < -0.3 is 5.32 Å². The molecule has 5 unspecified atom stereocenters. The van der Waals surface area contributed by atoms with Crippen LogP contribution in [0.3, 0.4) is 0 Å². The third-order valence-corrected chi connectivity index (χ3v) is 6.17. The predicted octanol–water partition coefficient (Wildman–Crippen LogP) is 4.59. The Hall–Kier alpha value is -0.820. The lowest BCUT2D eigenvalue weighted by Crippen LogP contribution is -2.34. The summed E-state index contributed by atoms with van der Waals surface area (Å²) in [6, 6.07) is 12.1. The quantitative estimate of drug-likeness (QED) is 0.833. The zero-order chi connectivity index (χ0) is 14.2. The summed E-state index contributed by atoms with van der Waals surface area (Å²) in [6.45, 7) is 3.76. The first-order valence-corrected chi connectivity index (χ1v) is 9.09. The van der Waals surface area contributed by atoms with Gasteiger partial charge in [0.15, 0.2) is 0 Å². The van der Waals surface area contributed by atoms with Crippen molar-refractivity contribution in [3.63, 3.8) is 0 Å². The van der Waals surface area contributed by atoms with E-state index in [9.17, 15) is 0 Å². The van der Waals surface area contributed by atoms with Crippen molar-refractivity contribution in [2.75, 3.05) is 6.54 Å². The molecule has 3 saturated carbocycles. The van der Waals surface area contributed by atoms with E-state index in [-0.39, 0.29) is 0 Å². The molecule has 3 aliphatic rings. The molecule has 0 spiro atoms. The maximum atomic E-state index is 3.81. The molecule has 0 amide bonds. The molecule has 0 aliphatic heterocycles. The molecule has 0 bridgehead atoms. The zero-order valence-corrected chi connectivity index (χ0v) is 13.3. The second kappa shape index (κ2) is 5.76. The van der Waals surface area contributed by atoms with E-state index in [2.05, 4.69) is 42.6 Å². The molecule has 3 fully saturated rings. The van der Waals surface area contributed by atoms with Gasteiger partial charge in [0, 0.05) is 6.04 Å². The highest BCUT2D eigenvalue weighted by molar-refractivity contribution is 5.26. The SMILES string of the molecule is CC1CCC(CNC2CC2)C(C2CC2c2ccccc2)C1. The Morgan fingerprint density at radius 1 is 0.952 bits per heavy atom. The van der Waals surface area contributed by atoms with E-state index in [1.807, 2.05) is 0 Å². The third-order valence-electron chi connectivity index (χ3n) is 6.17. The summed E-state index contributed by atoms with van der Waals surface area (Å²) in [7, 11) is 0. The maximum absolute atomic E-state index is 3.81. The monoisotopic (exact) mass is 283 g/mol. The fourth-order valence-electron chi connectivity index (χ4n) is 4.64. The lowest BCUT2D eigenvalue weighted by atomic mass is 9.71. The highest BCUT2D eigenvalue weighted by atomic mass is 14.9. The van der Waals surface area contributed by atoms with Gasteiger partial charge in [0.05, 0.1) is 0 Å². The second-order valence-corrected chi connectivity index (χ2v) is 7.94. The first-order chi connectivity index (χ1) is 10.3. The number of benzene rings is 1. The molecule has 0 radical (unpaired) electrons. The standard InChI is InChI=1S/C20H29N/c1-14-7-8-16(13-21-17-9-10-17)18(11-14)20-12-19(20)15-5-3-2-4-6-15/h2-6,14,16-21H,7-13H2,1H3. The van der Waals surface area contributed by atoms with Crippen molar-refractivity contribution in [3.8, 4) is 0 Å². The highest BCUT2D eigenvalue weighted by Gasteiger charge is 2.47. The average molecular weight is 283 g/mol. The number of hydrogen-bond acceptors (Lipinski definition) is 1. The molecule has 114 valence electrons. The van der Waals surface area contributed by atoms with Gasteiger partial charge in [-0.25, -0.2) is 0 Å². The Morgan fingerprint density at radius 3 is 2.52 bits per heavy atom. The predicted molar refractivity (Wildman–Crippen MR) is 88.3 cm³/mol. The first-order valence-electron chi connectivity index (χ1n) is 9.09. The van der Waals surface area contributed by atoms with Gasteiger partial charge >= 0.3 is 0 Å². The third kappa shape index (κ3) is 3.18. The molecule has 0 saturated heterocycles. The lowest BCUT2D eigenvalue weighted by molar-refractivity contribution is 0.161. The highest BCUT2D eigenvalue weighted by Crippen LogP contribution is 2.57. The summed E-state index contributed by atoms with van der Waals surface area (Å²) in [5.74, 6) is 4.71. The van der Waals surface area contributed by atoms with Gasteiger partial charge in [-0.05, 0) is 73.8 Å². The van der Waals surface area contributed by atoms with Crippen LogP contribution in [0.2, 0.25) is 0 Å². The van der Waals surface area contributed by atoms with Crippen LogP contribution in [0.25, 0.3) is 0 Å². The minimum atomic E-state index is 0.866. The minimum Gasteiger partial charge on any atom is -0.314 e. The lowest BCUT2D eigenvalue weighted by Gasteiger charge is -2.36. The van der Waals surface area contributed by atoms with Crippen molar-refractivity contribution in [2.24, 2.45) is 23.7 Å². The van der Waals surface area contributed by atoms with Gasteiger partial charge in [0.2, 0.25) is 0 Å². The normalized spacial score (nSPS) is 39.2. The number of nitrogens with one attached hydrogen (secondary N) is 1. The summed E-state index contributed by atoms with van der Waals surface area (Å²) >= 11 is 0. The summed E-state index contributed by atoms with van der Waals surface area (Å²) < 4.78 is 0. The Balaban J connectivity index is 1.41. The van der Waals surface area contributed by atoms with Crippen molar-refractivity contribution in [1.82, 2.24) is 5.32 Å². The molecule has 1 heteroatoms. The van der Waals surface area contributed by atoms with Gasteiger partial charge in [-0.2, -0.15) is 0 Å². The fraction of sp³-hybridized carbons (Fsp3) is 0.700. The average Bonchev–Trinajstić information content (AvgIpc) is 3.40. The fourth-order valence-corrected chi connectivity index (χ4v) is 4.64. The van der Waals surface area contributed by atoms with E-state index < -0.39 is 0 Å². The molecule has 0 aromatic heterocycles. The molecule has 21 heavy (non-hydrogen) atoms. The summed E-state index contributed by atoms with van der Waals surface area (Å²) in [4.78, 5) is 0. The number of hydrogen-bond donors (Lipinski definition) is 1. The maximum Gasteiger partial charge on any atom is 0.00683 e. The first kappa shape index (κ1) is 13.8. The molecule has 1 nitrogen and oxygen atoms in total. The summed E-state index contributed by atoms with van der Waals surface area (Å²) in [5.41, 5.74) is 1.59. The van der Waals surface area contributed by atoms with Crippen LogP contribution in [-0.2, 0) is 0 Å². The zero-order valence-electron chi connectivity index (χ0n) is 13.3. The van der Waals surface area contributed by atoms with Gasteiger partial charge in [0.1, 0.15) is 0 Å². The van der Waals surface area contributed by atoms with Crippen LogP contribution in [0, 0.1) is 23.7 Å². The molecule has 3 aliphatic carbocycles.